The molecule has 1 heterocycles. The first-order valence-corrected chi connectivity index (χ1v) is 10.5. The number of anilines is 1. The summed E-state index contributed by atoms with van der Waals surface area (Å²) in [7, 11) is 0. The maximum absolute atomic E-state index is 9.70. The molecule has 150 valence electrons. The Morgan fingerprint density at radius 2 is 1.73 bits per heavy atom. The number of nitrogens with zero attached hydrogens (tertiary/aromatic N) is 2. The third-order valence-electron chi connectivity index (χ3n) is 5.42. The molecule has 0 bridgehead atoms. The standard InChI is InChI=1S/C26H24ClN3/c1-18(2)21-11-9-19(10-12-21)16-29-25-7-4-8-26-24(25)14-23(15-28)30(26)17-20-5-3-6-22(27)13-20/h3-14,18,29H,16-17H2,1-2H3. The van der Waals surface area contributed by atoms with Crippen LogP contribution < -0.4 is 5.32 Å². The van der Waals surface area contributed by atoms with E-state index in [-0.39, 0.29) is 0 Å². The molecule has 0 unspecified atom stereocenters. The van der Waals surface area contributed by atoms with Gasteiger partial charge in [-0.1, -0.05) is 67.9 Å². The maximum atomic E-state index is 9.70. The Morgan fingerprint density at radius 1 is 0.967 bits per heavy atom. The molecular formula is C26H24ClN3. The van der Waals surface area contributed by atoms with E-state index in [9.17, 15) is 5.26 Å². The van der Waals surface area contributed by atoms with E-state index in [0.29, 0.717) is 23.2 Å². The largest absolute Gasteiger partial charge is 0.380 e. The minimum absolute atomic E-state index is 0.532. The summed E-state index contributed by atoms with van der Waals surface area (Å²) < 4.78 is 2.05. The van der Waals surface area contributed by atoms with Gasteiger partial charge >= 0.3 is 0 Å². The Labute approximate surface area is 182 Å². The van der Waals surface area contributed by atoms with E-state index in [1.54, 1.807) is 0 Å². The summed E-state index contributed by atoms with van der Waals surface area (Å²) in [5.74, 6) is 0.532. The second kappa shape index (κ2) is 8.65. The lowest BCUT2D eigenvalue weighted by molar-refractivity contribution is 0.823. The van der Waals surface area contributed by atoms with Crippen LogP contribution in [-0.2, 0) is 13.1 Å². The van der Waals surface area contributed by atoms with Gasteiger partial charge in [-0.25, -0.2) is 0 Å². The fourth-order valence-corrected chi connectivity index (χ4v) is 3.95. The van der Waals surface area contributed by atoms with Crippen LogP contribution in [0.2, 0.25) is 5.02 Å². The maximum Gasteiger partial charge on any atom is 0.121 e. The number of benzene rings is 3. The summed E-state index contributed by atoms with van der Waals surface area (Å²) in [5.41, 5.74) is 6.35. The first-order chi connectivity index (χ1) is 14.5. The third kappa shape index (κ3) is 4.20. The number of halogens is 1. The Hall–Kier alpha value is -3.22. The minimum Gasteiger partial charge on any atom is -0.380 e. The smallest absolute Gasteiger partial charge is 0.121 e. The second-order valence-electron chi connectivity index (χ2n) is 7.85. The number of nitrogens with one attached hydrogen (secondary N) is 1. The van der Waals surface area contributed by atoms with Crippen LogP contribution in [-0.4, -0.2) is 4.57 Å². The monoisotopic (exact) mass is 413 g/mol. The molecular weight excluding hydrogens is 390 g/mol. The molecule has 0 radical (unpaired) electrons. The Bertz CT molecular complexity index is 1210. The molecule has 0 aliphatic heterocycles. The Morgan fingerprint density at radius 3 is 2.43 bits per heavy atom. The van der Waals surface area contributed by atoms with Crippen molar-refractivity contribution >= 4 is 28.2 Å². The van der Waals surface area contributed by atoms with Gasteiger partial charge in [0.05, 0.1) is 5.52 Å². The molecule has 30 heavy (non-hydrogen) atoms. The summed E-state index contributed by atoms with van der Waals surface area (Å²) in [6.07, 6.45) is 0. The predicted octanol–water partition coefficient (Wildman–Crippen LogP) is 6.95. The second-order valence-corrected chi connectivity index (χ2v) is 8.28. The van der Waals surface area contributed by atoms with Crippen LogP contribution in [0.25, 0.3) is 10.9 Å². The van der Waals surface area contributed by atoms with Crippen molar-refractivity contribution in [3.05, 3.63) is 100 Å². The molecule has 0 spiro atoms. The number of nitriles is 1. The number of hydrogen-bond acceptors (Lipinski definition) is 2. The summed E-state index contributed by atoms with van der Waals surface area (Å²) >= 11 is 6.14. The van der Waals surface area contributed by atoms with Gasteiger partial charge < -0.3 is 9.88 Å². The van der Waals surface area contributed by atoms with Crippen molar-refractivity contribution in [2.45, 2.75) is 32.9 Å². The molecule has 1 aromatic heterocycles. The van der Waals surface area contributed by atoms with Crippen LogP contribution in [0.4, 0.5) is 5.69 Å². The first kappa shape index (κ1) is 20.1. The van der Waals surface area contributed by atoms with Crippen LogP contribution in [0.5, 0.6) is 0 Å². The van der Waals surface area contributed by atoms with Crippen LogP contribution in [0.15, 0.2) is 72.8 Å². The first-order valence-electron chi connectivity index (χ1n) is 10.1. The molecule has 0 fully saturated rings. The van der Waals surface area contributed by atoms with Crippen molar-refractivity contribution in [1.82, 2.24) is 4.57 Å². The van der Waals surface area contributed by atoms with Crippen LogP contribution in [0, 0.1) is 11.3 Å². The van der Waals surface area contributed by atoms with Crippen molar-refractivity contribution in [2.75, 3.05) is 5.32 Å². The highest BCUT2D eigenvalue weighted by molar-refractivity contribution is 6.30. The van der Waals surface area contributed by atoms with Crippen LogP contribution >= 0.6 is 11.6 Å². The van der Waals surface area contributed by atoms with Gasteiger partial charge in [-0.2, -0.15) is 5.26 Å². The van der Waals surface area contributed by atoms with Crippen molar-refractivity contribution < 1.29 is 0 Å². The van der Waals surface area contributed by atoms with Gasteiger partial charge in [-0.05, 0) is 52.9 Å². The molecule has 0 aliphatic rings. The Balaban J connectivity index is 1.62. The van der Waals surface area contributed by atoms with E-state index in [4.69, 9.17) is 11.6 Å². The summed E-state index contributed by atoms with van der Waals surface area (Å²) in [6, 6.07) is 27.0. The van der Waals surface area contributed by atoms with Gasteiger partial charge in [0.15, 0.2) is 0 Å². The SMILES string of the molecule is CC(C)c1ccc(CNc2cccc3c2cc(C#N)n3Cc2cccc(Cl)c2)cc1. The molecule has 0 saturated carbocycles. The minimum atomic E-state index is 0.532. The van der Waals surface area contributed by atoms with E-state index >= 15 is 0 Å². The molecule has 0 atom stereocenters. The van der Waals surface area contributed by atoms with E-state index in [1.807, 2.05) is 41.0 Å². The quantitative estimate of drug-likeness (QED) is 0.371. The van der Waals surface area contributed by atoms with E-state index < -0.39 is 0 Å². The summed E-state index contributed by atoms with van der Waals surface area (Å²) in [6.45, 7) is 5.75. The zero-order valence-corrected chi connectivity index (χ0v) is 17.9. The lowest BCUT2D eigenvalue weighted by Crippen LogP contribution is -2.03. The van der Waals surface area contributed by atoms with Crippen LogP contribution in [0.1, 0.15) is 42.1 Å². The van der Waals surface area contributed by atoms with E-state index in [1.165, 1.54) is 11.1 Å². The summed E-state index contributed by atoms with van der Waals surface area (Å²) in [4.78, 5) is 0. The molecule has 3 aromatic carbocycles. The molecule has 1 N–H and O–H groups in total. The molecule has 0 aliphatic carbocycles. The topological polar surface area (TPSA) is 40.8 Å². The van der Waals surface area contributed by atoms with Crippen molar-refractivity contribution in [2.24, 2.45) is 0 Å². The van der Waals surface area contributed by atoms with Gasteiger partial charge in [-0.15, -0.1) is 0 Å². The highest BCUT2D eigenvalue weighted by atomic mass is 35.5. The van der Waals surface area contributed by atoms with Gasteiger partial charge in [0, 0.05) is 29.2 Å². The zero-order chi connectivity index (χ0) is 21.1. The molecule has 4 aromatic rings. The fraction of sp³-hybridized carbons (Fsp3) is 0.192. The molecule has 0 saturated heterocycles. The average Bonchev–Trinajstić information content (AvgIpc) is 3.10. The number of rotatable bonds is 6. The van der Waals surface area contributed by atoms with Crippen molar-refractivity contribution in [3.63, 3.8) is 0 Å². The normalized spacial score (nSPS) is 11.0. The predicted molar refractivity (Wildman–Crippen MR) is 125 cm³/mol. The number of fused-ring (bicyclic) bond motifs is 1. The molecule has 3 nitrogen and oxygen atoms in total. The van der Waals surface area contributed by atoms with Gasteiger partial charge in [0.25, 0.3) is 0 Å². The summed E-state index contributed by atoms with van der Waals surface area (Å²) in [5, 5.41) is 15.0. The third-order valence-corrected chi connectivity index (χ3v) is 5.65. The highest BCUT2D eigenvalue weighted by Crippen LogP contribution is 2.29. The van der Waals surface area contributed by atoms with Gasteiger partial charge in [-0.3, -0.25) is 0 Å². The lowest BCUT2D eigenvalue weighted by atomic mass is 10.0. The van der Waals surface area contributed by atoms with E-state index in [2.05, 4.69) is 61.6 Å². The lowest BCUT2D eigenvalue weighted by Gasteiger charge is -2.11. The van der Waals surface area contributed by atoms with Gasteiger partial charge in [0.2, 0.25) is 0 Å². The number of hydrogen-bond donors (Lipinski definition) is 1. The fourth-order valence-electron chi connectivity index (χ4n) is 3.74. The van der Waals surface area contributed by atoms with Crippen LogP contribution in [0.3, 0.4) is 0 Å². The number of aromatic nitrogens is 1. The molecule has 4 heteroatoms. The van der Waals surface area contributed by atoms with E-state index in [0.717, 1.165) is 28.7 Å². The van der Waals surface area contributed by atoms with Gasteiger partial charge in [0.1, 0.15) is 11.8 Å². The zero-order valence-electron chi connectivity index (χ0n) is 17.2. The highest BCUT2D eigenvalue weighted by Gasteiger charge is 2.12. The molecule has 0 amide bonds. The van der Waals surface area contributed by atoms with Crippen molar-refractivity contribution in [3.8, 4) is 6.07 Å². The van der Waals surface area contributed by atoms with Crippen molar-refractivity contribution in [1.29, 1.82) is 5.26 Å². The molecule has 4 rings (SSSR count). The Kier molecular flexibility index (Phi) is 5.79. The average molecular weight is 414 g/mol.